The molecule has 0 aliphatic carbocycles. The molecule has 1 aliphatic heterocycles. The van der Waals surface area contributed by atoms with Crippen LogP contribution in [0.4, 0.5) is 5.69 Å². The molecule has 0 bridgehead atoms. The molecule has 0 atom stereocenters. The highest BCUT2D eigenvalue weighted by Gasteiger charge is 2.14. The van der Waals surface area contributed by atoms with Gasteiger partial charge in [-0.2, -0.15) is 0 Å². The maximum Gasteiger partial charge on any atom is 0.221 e. The number of carbonyl (C=O) groups excluding carboxylic acids is 1. The molecule has 0 spiro atoms. The minimum Gasteiger partial charge on any atom is -0.382 e. The number of amides is 1. The lowest BCUT2D eigenvalue weighted by Crippen LogP contribution is -2.35. The maximum atomic E-state index is 11.0. The van der Waals surface area contributed by atoms with Crippen LogP contribution in [0.2, 0.25) is 0 Å². The van der Waals surface area contributed by atoms with Gasteiger partial charge < -0.3 is 16.4 Å². The molecule has 0 unspecified atom stereocenters. The fourth-order valence-electron chi connectivity index (χ4n) is 2.19. The predicted octanol–water partition coefficient (Wildman–Crippen LogP) is 0.878. The van der Waals surface area contributed by atoms with E-state index in [-0.39, 0.29) is 5.91 Å². The Morgan fingerprint density at radius 2 is 2.06 bits per heavy atom. The minimum absolute atomic E-state index is 0.287. The Morgan fingerprint density at radius 1 is 1.35 bits per heavy atom. The number of rotatable bonds is 4. The monoisotopic (exact) mass is 233 g/mol. The van der Waals surface area contributed by atoms with E-state index < -0.39 is 0 Å². The number of anilines is 1. The van der Waals surface area contributed by atoms with Gasteiger partial charge in [-0.15, -0.1) is 0 Å². The first kappa shape index (κ1) is 11.9. The fourth-order valence-corrected chi connectivity index (χ4v) is 2.19. The van der Waals surface area contributed by atoms with Gasteiger partial charge in [0.2, 0.25) is 5.91 Å². The van der Waals surface area contributed by atoms with Crippen LogP contribution in [0.25, 0.3) is 0 Å². The maximum absolute atomic E-state index is 11.0. The summed E-state index contributed by atoms with van der Waals surface area (Å²) in [5, 5.41) is 6.84. The third-order valence-corrected chi connectivity index (χ3v) is 3.08. The summed E-state index contributed by atoms with van der Waals surface area (Å²) in [7, 11) is 0. The van der Waals surface area contributed by atoms with Gasteiger partial charge in [-0.25, -0.2) is 0 Å². The van der Waals surface area contributed by atoms with Gasteiger partial charge in [-0.3, -0.25) is 4.79 Å². The molecule has 1 aromatic carbocycles. The summed E-state index contributed by atoms with van der Waals surface area (Å²) < 4.78 is 0. The van der Waals surface area contributed by atoms with Gasteiger partial charge in [-0.05, 0) is 37.6 Å². The van der Waals surface area contributed by atoms with E-state index in [0.29, 0.717) is 12.5 Å². The van der Waals surface area contributed by atoms with Gasteiger partial charge in [-0.1, -0.05) is 18.2 Å². The molecule has 0 radical (unpaired) electrons. The highest BCUT2D eigenvalue weighted by molar-refractivity contribution is 5.78. The van der Waals surface area contributed by atoms with Crippen molar-refractivity contribution in [3.05, 3.63) is 29.8 Å². The van der Waals surface area contributed by atoms with Crippen molar-refractivity contribution in [1.82, 2.24) is 5.32 Å². The summed E-state index contributed by atoms with van der Waals surface area (Å²) in [6.45, 7) is 2.10. The number of nitrogens with one attached hydrogen (secondary N) is 2. The van der Waals surface area contributed by atoms with Crippen LogP contribution in [0.15, 0.2) is 24.3 Å². The molecule has 0 saturated carbocycles. The van der Waals surface area contributed by atoms with E-state index in [9.17, 15) is 4.79 Å². The van der Waals surface area contributed by atoms with Gasteiger partial charge in [0.15, 0.2) is 0 Å². The minimum atomic E-state index is -0.287. The second-order valence-electron chi connectivity index (χ2n) is 4.47. The number of hydrogen-bond acceptors (Lipinski definition) is 3. The largest absolute Gasteiger partial charge is 0.382 e. The van der Waals surface area contributed by atoms with Gasteiger partial charge in [0, 0.05) is 11.7 Å². The Labute approximate surface area is 102 Å². The molecule has 1 heterocycles. The lowest BCUT2D eigenvalue weighted by molar-refractivity contribution is -0.117. The van der Waals surface area contributed by atoms with Gasteiger partial charge >= 0.3 is 0 Å². The average Bonchev–Trinajstić information content (AvgIpc) is 2.32. The van der Waals surface area contributed by atoms with Crippen LogP contribution in [0, 0.1) is 0 Å². The predicted molar refractivity (Wildman–Crippen MR) is 68.9 cm³/mol. The second-order valence-corrected chi connectivity index (χ2v) is 4.47. The number of carbonyl (C=O) groups is 1. The third kappa shape index (κ3) is 3.46. The zero-order chi connectivity index (χ0) is 12.1. The standard InChI is InChI=1S/C13H19N3O/c14-13(17)9-10-3-1-2-4-12(10)16-11-5-7-15-8-6-11/h1-4,11,15-16H,5-9H2,(H2,14,17). The van der Waals surface area contributed by atoms with Crippen molar-refractivity contribution < 1.29 is 4.79 Å². The molecule has 4 N–H and O–H groups in total. The molecule has 1 aromatic rings. The molecular weight excluding hydrogens is 214 g/mol. The summed E-state index contributed by atoms with van der Waals surface area (Å²) in [5.74, 6) is -0.287. The first-order valence-electron chi connectivity index (χ1n) is 6.09. The zero-order valence-corrected chi connectivity index (χ0v) is 9.91. The molecular formula is C13H19N3O. The van der Waals surface area contributed by atoms with E-state index in [1.165, 1.54) is 0 Å². The Hall–Kier alpha value is -1.55. The van der Waals surface area contributed by atoms with Crippen LogP contribution in [-0.2, 0) is 11.2 Å². The van der Waals surface area contributed by atoms with Crippen LogP contribution in [0.3, 0.4) is 0 Å². The van der Waals surface area contributed by atoms with E-state index >= 15 is 0 Å². The summed E-state index contributed by atoms with van der Waals surface area (Å²) in [6, 6.07) is 8.37. The topological polar surface area (TPSA) is 67.2 Å². The molecule has 1 aliphatic rings. The molecule has 4 nitrogen and oxygen atoms in total. The van der Waals surface area contributed by atoms with Crippen LogP contribution in [0.1, 0.15) is 18.4 Å². The second kappa shape index (κ2) is 5.68. The zero-order valence-electron chi connectivity index (χ0n) is 9.91. The van der Waals surface area contributed by atoms with Crippen LogP contribution in [-0.4, -0.2) is 25.0 Å². The first-order valence-corrected chi connectivity index (χ1v) is 6.09. The van der Waals surface area contributed by atoms with Gasteiger partial charge in [0.25, 0.3) is 0 Å². The van der Waals surface area contributed by atoms with Crippen molar-refractivity contribution in [3.8, 4) is 0 Å². The van der Waals surface area contributed by atoms with Crippen molar-refractivity contribution in [2.45, 2.75) is 25.3 Å². The number of piperidine rings is 1. The summed E-state index contributed by atoms with van der Waals surface area (Å²) in [6.07, 6.45) is 2.53. The summed E-state index contributed by atoms with van der Waals surface area (Å²) in [4.78, 5) is 11.0. The Bertz CT molecular complexity index is 386. The molecule has 4 heteroatoms. The lowest BCUT2D eigenvalue weighted by atomic mass is 10.0. The number of benzene rings is 1. The number of para-hydroxylation sites is 1. The van der Waals surface area contributed by atoms with Gasteiger partial charge in [0.1, 0.15) is 0 Å². The van der Waals surface area contributed by atoms with Crippen molar-refractivity contribution in [3.63, 3.8) is 0 Å². The normalized spacial score (nSPS) is 16.7. The van der Waals surface area contributed by atoms with E-state index in [0.717, 1.165) is 37.2 Å². The fraction of sp³-hybridized carbons (Fsp3) is 0.462. The van der Waals surface area contributed by atoms with Crippen LogP contribution in [0.5, 0.6) is 0 Å². The number of hydrogen-bond donors (Lipinski definition) is 3. The summed E-state index contributed by atoms with van der Waals surface area (Å²) >= 11 is 0. The van der Waals surface area contributed by atoms with Crippen molar-refractivity contribution >= 4 is 11.6 Å². The van der Waals surface area contributed by atoms with E-state index in [4.69, 9.17) is 5.73 Å². The highest BCUT2D eigenvalue weighted by atomic mass is 16.1. The van der Waals surface area contributed by atoms with Crippen LogP contribution >= 0.6 is 0 Å². The quantitative estimate of drug-likeness (QED) is 0.723. The Kier molecular flexibility index (Phi) is 3.98. The first-order chi connectivity index (χ1) is 8.25. The number of primary amides is 1. The molecule has 2 rings (SSSR count). The van der Waals surface area contributed by atoms with E-state index in [1.807, 2.05) is 24.3 Å². The Balaban J connectivity index is 2.05. The number of nitrogens with two attached hydrogens (primary N) is 1. The van der Waals surface area contributed by atoms with Crippen molar-refractivity contribution in [1.29, 1.82) is 0 Å². The van der Waals surface area contributed by atoms with E-state index in [1.54, 1.807) is 0 Å². The van der Waals surface area contributed by atoms with Gasteiger partial charge in [0.05, 0.1) is 6.42 Å². The molecule has 1 saturated heterocycles. The lowest BCUT2D eigenvalue weighted by Gasteiger charge is -2.25. The molecule has 1 amide bonds. The average molecular weight is 233 g/mol. The van der Waals surface area contributed by atoms with Crippen molar-refractivity contribution in [2.75, 3.05) is 18.4 Å². The smallest absolute Gasteiger partial charge is 0.221 e. The third-order valence-electron chi connectivity index (χ3n) is 3.08. The highest BCUT2D eigenvalue weighted by Crippen LogP contribution is 2.19. The van der Waals surface area contributed by atoms with Crippen molar-refractivity contribution in [2.24, 2.45) is 5.73 Å². The Morgan fingerprint density at radius 3 is 2.76 bits per heavy atom. The molecule has 17 heavy (non-hydrogen) atoms. The molecule has 92 valence electrons. The SMILES string of the molecule is NC(=O)Cc1ccccc1NC1CCNCC1. The molecule has 0 aromatic heterocycles. The molecule has 1 fully saturated rings. The van der Waals surface area contributed by atoms with Crippen LogP contribution < -0.4 is 16.4 Å². The summed E-state index contributed by atoms with van der Waals surface area (Å²) in [5.41, 5.74) is 7.27. The van der Waals surface area contributed by atoms with E-state index in [2.05, 4.69) is 10.6 Å².